The number of para-hydroxylation sites is 1. The maximum atomic E-state index is 12.6. The number of nitrogens with one attached hydrogen (secondary N) is 1. The summed E-state index contributed by atoms with van der Waals surface area (Å²) in [6.07, 6.45) is 1.40. The third kappa shape index (κ3) is 6.45. The number of carbonyl (C=O) groups excluding carboxylic acids is 2. The molecule has 3 aromatic rings. The highest BCUT2D eigenvalue weighted by Crippen LogP contribution is 2.29. The van der Waals surface area contributed by atoms with Gasteiger partial charge < -0.3 is 14.8 Å². The first-order chi connectivity index (χ1) is 15.9. The Morgan fingerprint density at radius 1 is 1.30 bits per heavy atom. The minimum atomic E-state index is -0.451. The number of carbonyl (C=O) groups is 2. The molecule has 3 rings (SSSR count). The number of aromatic nitrogens is 3. The maximum Gasteiger partial charge on any atom is 0.341 e. The molecule has 1 aromatic carbocycles. The first-order valence-electron chi connectivity index (χ1n) is 10.4. The van der Waals surface area contributed by atoms with Gasteiger partial charge in [0.15, 0.2) is 17.1 Å². The molecular formula is C23H26N4O4S2. The molecular weight excluding hydrogens is 460 g/mol. The minimum absolute atomic E-state index is 0.0996. The lowest BCUT2D eigenvalue weighted by Gasteiger charge is -2.15. The van der Waals surface area contributed by atoms with Crippen molar-refractivity contribution in [2.24, 2.45) is 0 Å². The zero-order valence-electron chi connectivity index (χ0n) is 18.7. The molecule has 2 heterocycles. The zero-order valence-corrected chi connectivity index (χ0v) is 20.4. The SMILES string of the molecule is C=CCn1c(SCC(=O)Nc2sc(C)cc2C(=O)OCC)nnc1C(C)Oc1ccccc1. The molecule has 2 aromatic heterocycles. The van der Waals surface area contributed by atoms with Crippen LogP contribution in [0, 0.1) is 6.92 Å². The van der Waals surface area contributed by atoms with Crippen LogP contribution < -0.4 is 10.1 Å². The highest BCUT2D eigenvalue weighted by molar-refractivity contribution is 7.99. The van der Waals surface area contributed by atoms with Crippen LogP contribution >= 0.6 is 23.1 Å². The van der Waals surface area contributed by atoms with Gasteiger partial charge in [-0.05, 0) is 39.0 Å². The summed E-state index contributed by atoms with van der Waals surface area (Å²) in [5.41, 5.74) is 0.363. The van der Waals surface area contributed by atoms with E-state index in [-0.39, 0.29) is 24.4 Å². The van der Waals surface area contributed by atoms with Crippen LogP contribution in [0.1, 0.15) is 41.0 Å². The van der Waals surface area contributed by atoms with Gasteiger partial charge in [-0.1, -0.05) is 36.0 Å². The molecule has 0 spiro atoms. The van der Waals surface area contributed by atoms with Gasteiger partial charge in [-0.2, -0.15) is 0 Å². The first-order valence-corrected chi connectivity index (χ1v) is 12.2. The molecule has 0 fully saturated rings. The van der Waals surface area contributed by atoms with Gasteiger partial charge in [0.05, 0.1) is 17.9 Å². The van der Waals surface area contributed by atoms with E-state index in [0.29, 0.717) is 28.1 Å². The Hall–Kier alpha value is -3.11. The summed E-state index contributed by atoms with van der Waals surface area (Å²) < 4.78 is 12.9. The van der Waals surface area contributed by atoms with E-state index < -0.39 is 5.97 Å². The number of hydrogen-bond acceptors (Lipinski definition) is 8. The summed E-state index contributed by atoms with van der Waals surface area (Å²) >= 11 is 2.59. The highest BCUT2D eigenvalue weighted by atomic mass is 32.2. The second-order valence-corrected chi connectivity index (χ2v) is 9.17. The van der Waals surface area contributed by atoms with Crippen molar-refractivity contribution >= 4 is 40.0 Å². The van der Waals surface area contributed by atoms with E-state index in [0.717, 1.165) is 10.6 Å². The lowest BCUT2D eigenvalue weighted by molar-refractivity contribution is -0.113. The van der Waals surface area contributed by atoms with E-state index in [1.807, 2.05) is 48.7 Å². The van der Waals surface area contributed by atoms with Gasteiger partial charge in [-0.15, -0.1) is 28.1 Å². The predicted molar refractivity (Wildman–Crippen MR) is 130 cm³/mol. The smallest absolute Gasteiger partial charge is 0.341 e. The normalized spacial score (nSPS) is 11.6. The van der Waals surface area contributed by atoms with Gasteiger partial charge >= 0.3 is 5.97 Å². The number of amides is 1. The number of ether oxygens (including phenoxy) is 2. The summed E-state index contributed by atoms with van der Waals surface area (Å²) in [5, 5.41) is 12.4. The van der Waals surface area contributed by atoms with Gasteiger partial charge in [0.25, 0.3) is 0 Å². The number of anilines is 1. The number of rotatable bonds is 11. The van der Waals surface area contributed by atoms with E-state index in [2.05, 4.69) is 22.1 Å². The Morgan fingerprint density at radius 2 is 2.06 bits per heavy atom. The number of nitrogens with zero attached hydrogens (tertiary/aromatic N) is 3. The first kappa shape index (κ1) is 24.5. The van der Waals surface area contributed by atoms with E-state index in [4.69, 9.17) is 9.47 Å². The average molecular weight is 487 g/mol. The molecule has 174 valence electrons. The zero-order chi connectivity index (χ0) is 23.8. The predicted octanol–water partition coefficient (Wildman–Crippen LogP) is 4.88. The van der Waals surface area contributed by atoms with Crippen molar-refractivity contribution in [3.05, 3.63) is 65.3 Å². The molecule has 0 aliphatic carbocycles. The largest absolute Gasteiger partial charge is 0.483 e. The Bertz CT molecular complexity index is 1110. The van der Waals surface area contributed by atoms with E-state index >= 15 is 0 Å². The number of hydrogen-bond donors (Lipinski definition) is 1. The van der Waals surface area contributed by atoms with Gasteiger partial charge in [0, 0.05) is 11.4 Å². The average Bonchev–Trinajstić information content (AvgIpc) is 3.36. The summed E-state index contributed by atoms with van der Waals surface area (Å²) in [6, 6.07) is 11.2. The molecule has 0 aliphatic rings. The van der Waals surface area contributed by atoms with E-state index in [1.165, 1.54) is 23.1 Å². The lowest BCUT2D eigenvalue weighted by Crippen LogP contribution is -2.17. The van der Waals surface area contributed by atoms with Gasteiger partial charge in [0.1, 0.15) is 10.8 Å². The Labute approximate surface area is 201 Å². The van der Waals surface area contributed by atoms with Crippen molar-refractivity contribution in [3.8, 4) is 5.75 Å². The topological polar surface area (TPSA) is 95.3 Å². The highest BCUT2D eigenvalue weighted by Gasteiger charge is 2.21. The Kier molecular flexibility index (Phi) is 8.67. The molecule has 8 nitrogen and oxygen atoms in total. The number of allylic oxidation sites excluding steroid dienone is 1. The quantitative estimate of drug-likeness (QED) is 0.234. The number of thioether (sulfide) groups is 1. The Morgan fingerprint density at radius 3 is 2.76 bits per heavy atom. The van der Waals surface area contributed by atoms with Crippen molar-refractivity contribution in [2.45, 2.75) is 38.6 Å². The van der Waals surface area contributed by atoms with Crippen LogP contribution in [0.2, 0.25) is 0 Å². The fraction of sp³-hybridized carbons (Fsp3) is 0.304. The van der Waals surface area contributed by atoms with Crippen molar-refractivity contribution in [2.75, 3.05) is 17.7 Å². The van der Waals surface area contributed by atoms with Crippen LogP contribution in [0.15, 0.2) is 54.2 Å². The van der Waals surface area contributed by atoms with E-state index in [9.17, 15) is 9.59 Å². The minimum Gasteiger partial charge on any atom is -0.483 e. The van der Waals surface area contributed by atoms with Gasteiger partial charge in [-0.3, -0.25) is 9.36 Å². The van der Waals surface area contributed by atoms with Crippen LogP contribution in [0.4, 0.5) is 5.00 Å². The molecule has 0 aliphatic heterocycles. The third-order valence-corrected chi connectivity index (χ3v) is 6.35. The molecule has 1 unspecified atom stereocenters. The molecule has 0 saturated heterocycles. The van der Waals surface area contributed by atoms with Gasteiger partial charge in [-0.25, -0.2) is 4.79 Å². The monoisotopic (exact) mass is 486 g/mol. The van der Waals surface area contributed by atoms with Crippen molar-refractivity contribution < 1.29 is 19.1 Å². The number of thiophene rings is 1. The molecule has 0 saturated carbocycles. The fourth-order valence-electron chi connectivity index (χ4n) is 3.02. The van der Waals surface area contributed by atoms with Crippen LogP contribution in [0.3, 0.4) is 0 Å². The van der Waals surface area contributed by atoms with Crippen LogP contribution in [0.25, 0.3) is 0 Å². The lowest BCUT2D eigenvalue weighted by atomic mass is 10.3. The number of esters is 1. The van der Waals surface area contributed by atoms with Crippen LogP contribution in [-0.4, -0.2) is 39.0 Å². The summed E-state index contributed by atoms with van der Waals surface area (Å²) in [7, 11) is 0. The number of benzene rings is 1. The van der Waals surface area contributed by atoms with Crippen molar-refractivity contribution in [1.29, 1.82) is 0 Å². The summed E-state index contributed by atoms with van der Waals surface area (Å²) in [5.74, 6) is 0.765. The molecule has 1 N–H and O–H groups in total. The molecule has 1 amide bonds. The maximum absolute atomic E-state index is 12.6. The second-order valence-electron chi connectivity index (χ2n) is 6.97. The second kappa shape index (κ2) is 11.7. The molecule has 0 radical (unpaired) electrons. The number of aryl methyl sites for hydroxylation is 1. The van der Waals surface area contributed by atoms with Crippen molar-refractivity contribution in [1.82, 2.24) is 14.8 Å². The Balaban J connectivity index is 1.67. The van der Waals surface area contributed by atoms with Crippen LogP contribution in [-0.2, 0) is 16.1 Å². The standard InChI is InChI=1S/C23H26N4O4S2/c1-5-12-27-20(16(4)31-17-10-8-7-9-11-17)25-26-23(27)32-14-19(28)24-21-18(13-15(3)33-21)22(29)30-6-2/h5,7-11,13,16H,1,6,12,14H2,2-4H3,(H,24,28). The molecule has 0 bridgehead atoms. The van der Waals surface area contributed by atoms with Crippen molar-refractivity contribution in [3.63, 3.8) is 0 Å². The molecule has 33 heavy (non-hydrogen) atoms. The van der Waals surface area contributed by atoms with E-state index in [1.54, 1.807) is 19.1 Å². The summed E-state index contributed by atoms with van der Waals surface area (Å²) in [4.78, 5) is 25.6. The van der Waals surface area contributed by atoms with Crippen LogP contribution in [0.5, 0.6) is 5.75 Å². The van der Waals surface area contributed by atoms with Gasteiger partial charge in [0.2, 0.25) is 5.91 Å². The third-order valence-electron chi connectivity index (χ3n) is 4.41. The molecule has 10 heteroatoms. The molecule has 1 atom stereocenters. The fourth-order valence-corrected chi connectivity index (χ4v) is 4.70. The summed E-state index contributed by atoms with van der Waals surface area (Å²) in [6.45, 7) is 10.1.